The lowest BCUT2D eigenvalue weighted by molar-refractivity contribution is 0.218. The quantitative estimate of drug-likeness (QED) is 0.935. The first-order chi connectivity index (χ1) is 10.2. The van der Waals surface area contributed by atoms with Crippen molar-refractivity contribution in [1.82, 2.24) is 0 Å². The highest BCUT2D eigenvalue weighted by Gasteiger charge is 2.23. The topological polar surface area (TPSA) is 47.9 Å². The normalized spacial score (nSPS) is 15.4. The van der Waals surface area contributed by atoms with Crippen molar-refractivity contribution < 1.29 is 19.3 Å². The van der Waals surface area contributed by atoms with Gasteiger partial charge in [0.2, 0.25) is 0 Å². The molecule has 0 bridgehead atoms. The summed E-state index contributed by atoms with van der Waals surface area (Å²) in [5, 5.41) is 12.9. The molecule has 3 rings (SSSR count). The first-order valence-electron chi connectivity index (χ1n) is 6.59. The summed E-state index contributed by atoms with van der Waals surface area (Å²) in [7, 11) is 1.58. The van der Waals surface area contributed by atoms with Crippen LogP contribution in [0, 0.1) is 0 Å². The summed E-state index contributed by atoms with van der Waals surface area (Å²) in [4.78, 5) is 0.717. The molecule has 2 aromatic rings. The first kappa shape index (κ1) is 14.5. The number of ether oxygens (including phenoxy) is 3. The SMILES string of the molecule is COc1ccsc1C(O)c1cc2c(cc1Cl)OCCCO2. The molecule has 0 saturated carbocycles. The van der Waals surface area contributed by atoms with Gasteiger partial charge in [0, 0.05) is 18.1 Å². The number of methoxy groups -OCH3 is 1. The number of thiophene rings is 1. The van der Waals surface area contributed by atoms with Gasteiger partial charge in [0.05, 0.1) is 30.2 Å². The highest BCUT2D eigenvalue weighted by molar-refractivity contribution is 7.10. The Labute approximate surface area is 131 Å². The molecule has 1 aromatic heterocycles. The molecule has 6 heteroatoms. The third-order valence-corrected chi connectivity index (χ3v) is 4.56. The van der Waals surface area contributed by atoms with E-state index >= 15 is 0 Å². The van der Waals surface area contributed by atoms with Crippen LogP contribution in [0.25, 0.3) is 0 Å². The molecule has 0 fully saturated rings. The molecule has 112 valence electrons. The average molecular weight is 327 g/mol. The van der Waals surface area contributed by atoms with Crippen molar-refractivity contribution in [3.8, 4) is 17.2 Å². The van der Waals surface area contributed by atoms with Crippen LogP contribution in [0.4, 0.5) is 0 Å². The van der Waals surface area contributed by atoms with Gasteiger partial charge in [-0.2, -0.15) is 0 Å². The Balaban J connectivity index is 2.00. The summed E-state index contributed by atoms with van der Waals surface area (Å²) < 4.78 is 16.5. The summed E-state index contributed by atoms with van der Waals surface area (Å²) in [6.07, 6.45) is -0.0345. The highest BCUT2D eigenvalue weighted by atomic mass is 35.5. The lowest BCUT2D eigenvalue weighted by Crippen LogP contribution is -2.02. The van der Waals surface area contributed by atoms with Crippen LogP contribution in [-0.2, 0) is 0 Å². The third kappa shape index (κ3) is 2.81. The zero-order valence-electron chi connectivity index (χ0n) is 11.5. The molecule has 2 heterocycles. The van der Waals surface area contributed by atoms with Crippen LogP contribution in [0.5, 0.6) is 17.2 Å². The predicted octanol–water partition coefficient (Wildman–Crippen LogP) is 3.65. The molecule has 21 heavy (non-hydrogen) atoms. The van der Waals surface area contributed by atoms with Crippen molar-refractivity contribution in [2.75, 3.05) is 20.3 Å². The average Bonchev–Trinajstić information content (AvgIpc) is 2.85. The van der Waals surface area contributed by atoms with Crippen LogP contribution >= 0.6 is 22.9 Å². The van der Waals surface area contributed by atoms with Gasteiger partial charge in [0.15, 0.2) is 11.5 Å². The van der Waals surface area contributed by atoms with E-state index in [1.807, 2.05) is 11.4 Å². The number of benzene rings is 1. The minimum Gasteiger partial charge on any atom is -0.495 e. The number of halogens is 1. The number of aliphatic hydroxyl groups is 1. The van der Waals surface area contributed by atoms with Crippen molar-refractivity contribution in [3.63, 3.8) is 0 Å². The Morgan fingerprint density at radius 3 is 2.71 bits per heavy atom. The van der Waals surface area contributed by atoms with E-state index in [1.54, 1.807) is 19.2 Å². The number of hydrogen-bond donors (Lipinski definition) is 1. The van der Waals surface area contributed by atoms with Crippen LogP contribution in [0.2, 0.25) is 5.02 Å². The zero-order valence-corrected chi connectivity index (χ0v) is 13.0. The molecule has 1 aliphatic heterocycles. The second-order valence-corrected chi connectivity index (χ2v) is 5.98. The van der Waals surface area contributed by atoms with Gasteiger partial charge < -0.3 is 19.3 Å². The summed E-state index contributed by atoms with van der Waals surface area (Å²) in [5.41, 5.74) is 0.585. The fraction of sp³-hybridized carbons (Fsp3) is 0.333. The monoisotopic (exact) mass is 326 g/mol. The summed E-state index contributed by atoms with van der Waals surface area (Å²) in [6.45, 7) is 1.19. The van der Waals surface area contributed by atoms with Crippen LogP contribution in [0.15, 0.2) is 23.6 Å². The molecule has 0 amide bonds. The van der Waals surface area contributed by atoms with Crippen molar-refractivity contribution in [1.29, 1.82) is 0 Å². The maximum absolute atomic E-state index is 10.6. The molecular weight excluding hydrogens is 312 g/mol. The molecule has 0 spiro atoms. The molecule has 1 aliphatic rings. The van der Waals surface area contributed by atoms with Gasteiger partial charge in [-0.3, -0.25) is 0 Å². The second kappa shape index (κ2) is 6.13. The maximum Gasteiger partial charge on any atom is 0.162 e. The van der Waals surface area contributed by atoms with Crippen molar-refractivity contribution >= 4 is 22.9 Å². The van der Waals surface area contributed by atoms with E-state index in [1.165, 1.54) is 11.3 Å². The van der Waals surface area contributed by atoms with Crippen LogP contribution < -0.4 is 14.2 Å². The van der Waals surface area contributed by atoms with Gasteiger partial charge in [-0.1, -0.05) is 11.6 Å². The molecule has 1 aromatic carbocycles. The minimum atomic E-state index is -0.857. The lowest BCUT2D eigenvalue weighted by atomic mass is 10.1. The fourth-order valence-corrected chi connectivity index (χ4v) is 3.35. The van der Waals surface area contributed by atoms with Gasteiger partial charge in [-0.05, 0) is 17.5 Å². The van der Waals surface area contributed by atoms with E-state index in [9.17, 15) is 5.11 Å². The summed E-state index contributed by atoms with van der Waals surface area (Å²) in [6, 6.07) is 5.26. The minimum absolute atomic E-state index is 0.446. The molecule has 0 saturated heterocycles. The van der Waals surface area contributed by atoms with Crippen LogP contribution in [0.3, 0.4) is 0 Å². The lowest BCUT2D eigenvalue weighted by Gasteiger charge is -2.16. The van der Waals surface area contributed by atoms with Crippen LogP contribution in [-0.4, -0.2) is 25.4 Å². The molecule has 1 atom stereocenters. The van der Waals surface area contributed by atoms with E-state index < -0.39 is 6.10 Å². The first-order valence-corrected chi connectivity index (χ1v) is 7.85. The van der Waals surface area contributed by atoms with Gasteiger partial charge in [-0.15, -0.1) is 11.3 Å². The van der Waals surface area contributed by atoms with E-state index in [-0.39, 0.29) is 0 Å². The molecule has 4 nitrogen and oxygen atoms in total. The van der Waals surface area contributed by atoms with E-state index in [0.717, 1.165) is 6.42 Å². The number of rotatable bonds is 3. The highest BCUT2D eigenvalue weighted by Crippen LogP contribution is 2.42. The molecule has 1 N–H and O–H groups in total. The Kier molecular flexibility index (Phi) is 4.24. The molecule has 1 unspecified atom stereocenters. The largest absolute Gasteiger partial charge is 0.495 e. The van der Waals surface area contributed by atoms with Crippen LogP contribution in [0.1, 0.15) is 23.0 Å². The van der Waals surface area contributed by atoms with Crippen molar-refractivity contribution in [3.05, 3.63) is 39.0 Å². The maximum atomic E-state index is 10.6. The predicted molar refractivity (Wildman–Crippen MR) is 82.0 cm³/mol. The standard InChI is InChI=1S/C15H15ClO4S/c1-18-11-3-6-21-15(11)14(17)9-7-12-13(8-10(9)16)20-5-2-4-19-12/h3,6-8,14,17H,2,4-5H2,1H3. The number of aliphatic hydroxyl groups excluding tert-OH is 1. The van der Waals surface area contributed by atoms with Crippen molar-refractivity contribution in [2.24, 2.45) is 0 Å². The second-order valence-electron chi connectivity index (χ2n) is 4.63. The third-order valence-electron chi connectivity index (χ3n) is 3.29. The number of fused-ring (bicyclic) bond motifs is 1. The Morgan fingerprint density at radius 2 is 2.00 bits per heavy atom. The van der Waals surface area contributed by atoms with Gasteiger partial charge in [0.25, 0.3) is 0 Å². The Hall–Kier alpha value is -1.43. The zero-order chi connectivity index (χ0) is 14.8. The van der Waals surface area contributed by atoms with E-state index in [4.69, 9.17) is 25.8 Å². The smallest absolute Gasteiger partial charge is 0.162 e. The molecular formula is C15H15ClO4S. The van der Waals surface area contributed by atoms with Gasteiger partial charge in [0.1, 0.15) is 11.9 Å². The fourth-order valence-electron chi connectivity index (χ4n) is 2.23. The summed E-state index contributed by atoms with van der Waals surface area (Å²) >= 11 is 7.71. The molecule has 0 aliphatic carbocycles. The van der Waals surface area contributed by atoms with Gasteiger partial charge in [-0.25, -0.2) is 0 Å². The van der Waals surface area contributed by atoms with E-state index in [2.05, 4.69) is 0 Å². The van der Waals surface area contributed by atoms with E-state index in [0.29, 0.717) is 45.9 Å². The van der Waals surface area contributed by atoms with Crippen molar-refractivity contribution in [2.45, 2.75) is 12.5 Å². The Bertz CT molecular complexity index is 641. The Morgan fingerprint density at radius 1 is 1.29 bits per heavy atom. The molecule has 0 radical (unpaired) electrons. The van der Waals surface area contributed by atoms with Gasteiger partial charge >= 0.3 is 0 Å². The number of hydrogen-bond acceptors (Lipinski definition) is 5. The summed E-state index contributed by atoms with van der Waals surface area (Å²) in [5.74, 6) is 1.88.